The van der Waals surface area contributed by atoms with Gasteiger partial charge in [-0.1, -0.05) is 60.0 Å². The number of aliphatic hydroxyl groups is 1. The minimum atomic E-state index is -0.987. The molecule has 0 bridgehead atoms. The molecule has 3 aromatic carbocycles. The fourth-order valence-corrected chi connectivity index (χ4v) is 6.91. The third kappa shape index (κ3) is 5.78. The minimum Gasteiger partial charge on any atom is -0.507 e. The molecule has 218 valence electrons. The van der Waals surface area contributed by atoms with Gasteiger partial charge in [-0.05, 0) is 66.1 Å². The smallest absolute Gasteiger partial charge is 0.301 e. The highest BCUT2D eigenvalue weighted by molar-refractivity contribution is 8.00. The second-order valence-electron chi connectivity index (χ2n) is 10.1. The van der Waals surface area contributed by atoms with Gasteiger partial charge in [-0.15, -0.1) is 10.2 Å². The number of hydrogen-bond acceptors (Lipinski definition) is 9. The van der Waals surface area contributed by atoms with Gasteiger partial charge in [-0.2, -0.15) is 0 Å². The Balaban J connectivity index is 1.39. The maximum Gasteiger partial charge on any atom is 0.301 e. The first kappa shape index (κ1) is 28.6. The zero-order chi connectivity index (χ0) is 30.1. The van der Waals surface area contributed by atoms with Crippen LogP contribution in [0.2, 0.25) is 0 Å². The van der Waals surface area contributed by atoms with E-state index in [1.54, 1.807) is 60.7 Å². The molecule has 1 aromatic heterocycles. The van der Waals surface area contributed by atoms with Crippen LogP contribution in [0, 0.1) is 5.82 Å². The Labute approximate surface area is 255 Å². The number of Topliss-reactive ketones (excluding diaryl/α,β-unsaturated/α-hetero) is 1. The highest BCUT2D eigenvalue weighted by Crippen LogP contribution is 2.45. The molecule has 0 saturated carbocycles. The van der Waals surface area contributed by atoms with E-state index in [1.165, 1.54) is 28.8 Å². The first-order chi connectivity index (χ1) is 20.8. The average molecular weight is 616 g/mol. The minimum absolute atomic E-state index is 0.00353. The number of benzene rings is 3. The standard InChI is InChI=1S/C32H26FN3O5S2/c1-3-13-40-24-6-4-5-20(16-24)27-26(28(37)21-9-12-25-22(15-21)14-18(2)41-25)29(38)30(39)36(27)31-34-35-32(43-31)42-17-19-7-10-23(33)11-8-19/h3-12,15-16,18,27,37H,1,13-14,17H2,2H3/b28-26+. The second kappa shape index (κ2) is 12.0. The number of amides is 1. The number of rotatable bonds is 9. The number of nitrogens with zero attached hydrogens (tertiary/aromatic N) is 3. The van der Waals surface area contributed by atoms with E-state index < -0.39 is 17.7 Å². The van der Waals surface area contributed by atoms with Crippen LogP contribution in [0.1, 0.15) is 35.2 Å². The SMILES string of the molecule is C=CCOc1cccc(C2/C(=C(\O)c3ccc4c(c3)CC(C)O4)C(=O)C(=O)N2c2nnc(SCc3ccc(F)cc3)s2)c1. The molecule has 0 spiro atoms. The van der Waals surface area contributed by atoms with Crippen molar-refractivity contribution in [2.75, 3.05) is 11.5 Å². The van der Waals surface area contributed by atoms with Crippen molar-refractivity contribution in [1.82, 2.24) is 10.2 Å². The quantitative estimate of drug-likeness (QED) is 0.0570. The molecular weight excluding hydrogens is 590 g/mol. The normalized spacial score (nSPS) is 18.9. The summed E-state index contributed by atoms with van der Waals surface area (Å²) in [6.07, 6.45) is 2.28. The van der Waals surface area contributed by atoms with Crippen LogP contribution < -0.4 is 14.4 Å². The third-order valence-electron chi connectivity index (χ3n) is 7.03. The molecule has 1 amide bonds. The molecule has 6 rings (SSSR count). The fraction of sp³-hybridized carbons (Fsp3) is 0.188. The Kier molecular flexibility index (Phi) is 8.00. The molecule has 2 atom stereocenters. The summed E-state index contributed by atoms with van der Waals surface area (Å²) in [5.74, 6) is -0.508. The average Bonchev–Trinajstić information content (AvgIpc) is 3.70. The number of hydrogen-bond donors (Lipinski definition) is 1. The van der Waals surface area contributed by atoms with Crippen LogP contribution >= 0.6 is 23.1 Å². The number of ketones is 1. The molecule has 1 fully saturated rings. The predicted molar refractivity (Wildman–Crippen MR) is 163 cm³/mol. The molecule has 3 heterocycles. The van der Waals surface area contributed by atoms with Gasteiger partial charge in [0.15, 0.2) is 4.34 Å². The molecule has 1 N–H and O–H groups in total. The number of thioether (sulfide) groups is 1. The van der Waals surface area contributed by atoms with Crippen LogP contribution in [0.5, 0.6) is 11.5 Å². The van der Waals surface area contributed by atoms with Crippen molar-refractivity contribution < 1.29 is 28.6 Å². The topological polar surface area (TPSA) is 102 Å². The summed E-state index contributed by atoms with van der Waals surface area (Å²) in [5, 5.41) is 20.3. The summed E-state index contributed by atoms with van der Waals surface area (Å²) in [4.78, 5) is 28.5. The van der Waals surface area contributed by atoms with Crippen molar-refractivity contribution in [2.24, 2.45) is 0 Å². The van der Waals surface area contributed by atoms with Gasteiger partial charge in [0, 0.05) is 17.7 Å². The molecule has 11 heteroatoms. The number of anilines is 1. The van der Waals surface area contributed by atoms with Gasteiger partial charge in [0.25, 0.3) is 5.78 Å². The van der Waals surface area contributed by atoms with Gasteiger partial charge in [-0.3, -0.25) is 14.5 Å². The highest BCUT2D eigenvalue weighted by Gasteiger charge is 2.48. The van der Waals surface area contributed by atoms with Crippen molar-refractivity contribution >= 4 is 45.7 Å². The van der Waals surface area contributed by atoms with E-state index in [1.807, 2.05) is 6.92 Å². The van der Waals surface area contributed by atoms with E-state index >= 15 is 0 Å². The van der Waals surface area contributed by atoms with Crippen molar-refractivity contribution in [3.05, 3.63) is 113 Å². The molecule has 8 nitrogen and oxygen atoms in total. The highest BCUT2D eigenvalue weighted by atomic mass is 32.2. The first-order valence-electron chi connectivity index (χ1n) is 13.5. The largest absolute Gasteiger partial charge is 0.507 e. The number of carbonyl (C=O) groups excluding carboxylic acids is 2. The summed E-state index contributed by atoms with van der Waals surface area (Å²) < 4.78 is 25.4. The number of aliphatic hydroxyl groups excluding tert-OH is 1. The molecule has 0 aliphatic carbocycles. The third-order valence-corrected chi connectivity index (χ3v) is 9.16. The van der Waals surface area contributed by atoms with E-state index in [-0.39, 0.29) is 35.0 Å². The molecule has 2 aliphatic heterocycles. The fourth-order valence-electron chi connectivity index (χ4n) is 5.08. The van der Waals surface area contributed by atoms with Crippen molar-refractivity contribution in [3.63, 3.8) is 0 Å². The van der Waals surface area contributed by atoms with Gasteiger partial charge in [0.2, 0.25) is 5.13 Å². The lowest BCUT2D eigenvalue weighted by atomic mass is 9.94. The van der Waals surface area contributed by atoms with Crippen LogP contribution in [0.4, 0.5) is 9.52 Å². The molecule has 43 heavy (non-hydrogen) atoms. The predicted octanol–water partition coefficient (Wildman–Crippen LogP) is 6.48. The number of halogens is 1. The van der Waals surface area contributed by atoms with Gasteiger partial charge >= 0.3 is 5.91 Å². The number of aromatic nitrogens is 2. The molecule has 4 aromatic rings. The van der Waals surface area contributed by atoms with Crippen molar-refractivity contribution in [3.8, 4) is 11.5 Å². The van der Waals surface area contributed by atoms with E-state index in [4.69, 9.17) is 9.47 Å². The Hall–Kier alpha value is -4.48. The molecule has 0 radical (unpaired) electrons. The molecular formula is C32H26FN3O5S2. The lowest BCUT2D eigenvalue weighted by Gasteiger charge is -2.23. The Morgan fingerprint density at radius 1 is 1.19 bits per heavy atom. The zero-order valence-electron chi connectivity index (χ0n) is 23.0. The first-order valence-corrected chi connectivity index (χ1v) is 15.3. The Morgan fingerprint density at radius 3 is 2.79 bits per heavy atom. The lowest BCUT2D eigenvalue weighted by molar-refractivity contribution is -0.132. The van der Waals surface area contributed by atoms with Crippen molar-refractivity contribution in [1.29, 1.82) is 0 Å². The Morgan fingerprint density at radius 2 is 2.00 bits per heavy atom. The number of carbonyl (C=O) groups is 2. The second-order valence-corrected chi connectivity index (χ2v) is 12.2. The van der Waals surface area contributed by atoms with Crippen molar-refractivity contribution in [2.45, 2.75) is 35.6 Å². The Bertz CT molecular complexity index is 1750. The van der Waals surface area contributed by atoms with Crippen LogP contribution in [0.25, 0.3) is 5.76 Å². The summed E-state index contributed by atoms with van der Waals surface area (Å²) in [6, 6.07) is 17.4. The van der Waals surface area contributed by atoms with E-state index in [9.17, 15) is 19.1 Å². The molecule has 1 saturated heterocycles. The number of fused-ring (bicyclic) bond motifs is 1. The monoisotopic (exact) mass is 615 g/mol. The summed E-state index contributed by atoms with van der Waals surface area (Å²) in [5.41, 5.74) is 2.71. The van der Waals surface area contributed by atoms with Crippen LogP contribution in [-0.4, -0.2) is 39.7 Å². The van der Waals surface area contributed by atoms with Crippen LogP contribution in [0.15, 0.2) is 89.3 Å². The molecule has 2 unspecified atom stereocenters. The molecule has 2 aliphatic rings. The van der Waals surface area contributed by atoms with E-state index in [0.717, 1.165) is 28.2 Å². The van der Waals surface area contributed by atoms with Gasteiger partial charge in [0.05, 0.1) is 11.6 Å². The van der Waals surface area contributed by atoms with E-state index in [0.29, 0.717) is 33.4 Å². The summed E-state index contributed by atoms with van der Waals surface area (Å²) in [7, 11) is 0. The van der Waals surface area contributed by atoms with Crippen LogP contribution in [-0.2, 0) is 21.8 Å². The summed E-state index contributed by atoms with van der Waals surface area (Å²) in [6.45, 7) is 5.91. The maximum atomic E-state index is 13.6. The lowest BCUT2D eigenvalue weighted by Crippen LogP contribution is -2.29. The van der Waals surface area contributed by atoms with Crippen LogP contribution in [0.3, 0.4) is 0 Å². The zero-order valence-corrected chi connectivity index (χ0v) is 24.7. The number of ether oxygens (including phenoxy) is 2. The van der Waals surface area contributed by atoms with Gasteiger partial charge < -0.3 is 14.6 Å². The van der Waals surface area contributed by atoms with Gasteiger partial charge in [0.1, 0.15) is 35.8 Å². The summed E-state index contributed by atoms with van der Waals surface area (Å²) >= 11 is 2.54. The maximum absolute atomic E-state index is 13.6. The van der Waals surface area contributed by atoms with Gasteiger partial charge in [-0.25, -0.2) is 4.39 Å². The van der Waals surface area contributed by atoms with E-state index in [2.05, 4.69) is 16.8 Å².